The highest BCUT2D eigenvalue weighted by Crippen LogP contribution is 2.19. The molecule has 0 aromatic heterocycles. The van der Waals surface area contributed by atoms with E-state index in [0.29, 0.717) is 11.3 Å². The van der Waals surface area contributed by atoms with Crippen LogP contribution in [0.25, 0.3) is 0 Å². The smallest absolute Gasteiger partial charge is 0.262 e. The van der Waals surface area contributed by atoms with Crippen molar-refractivity contribution in [3.05, 3.63) is 95.8 Å². The molecule has 3 aromatic carbocycles. The van der Waals surface area contributed by atoms with Crippen molar-refractivity contribution >= 4 is 17.5 Å². The van der Waals surface area contributed by atoms with Gasteiger partial charge in [-0.3, -0.25) is 9.59 Å². The second-order valence-electron chi connectivity index (χ2n) is 7.21. The number of carbonyl (C=O) groups excluding carboxylic acids is 2. The number of hydrogen-bond acceptors (Lipinski definition) is 3. The molecule has 5 nitrogen and oxygen atoms in total. The third-order valence-electron chi connectivity index (χ3n) is 4.72. The van der Waals surface area contributed by atoms with Gasteiger partial charge in [-0.2, -0.15) is 0 Å². The van der Waals surface area contributed by atoms with Crippen LogP contribution in [0.1, 0.15) is 29.3 Å². The summed E-state index contributed by atoms with van der Waals surface area (Å²) in [5, 5.41) is 5.43. The summed E-state index contributed by atoms with van der Waals surface area (Å²) in [6.07, 6.45) is 1.65. The topological polar surface area (TPSA) is 67.4 Å². The number of anilines is 1. The van der Waals surface area contributed by atoms with E-state index in [1.807, 2.05) is 25.1 Å². The van der Waals surface area contributed by atoms with Gasteiger partial charge in [-0.1, -0.05) is 54.6 Å². The molecule has 0 aliphatic rings. The zero-order chi connectivity index (χ0) is 22.1. The molecule has 0 bridgehead atoms. The Hall–Kier alpha value is -3.67. The van der Waals surface area contributed by atoms with Crippen LogP contribution in [0, 0.1) is 5.82 Å². The summed E-state index contributed by atoms with van der Waals surface area (Å²) in [6.45, 7) is 1.61. The number of ether oxygens (including phenoxy) is 1. The van der Waals surface area contributed by atoms with Crippen LogP contribution in [0.4, 0.5) is 10.1 Å². The summed E-state index contributed by atoms with van der Waals surface area (Å²) in [6, 6.07) is 22.7. The van der Waals surface area contributed by atoms with Crippen molar-refractivity contribution in [2.75, 3.05) is 11.9 Å². The minimum Gasteiger partial charge on any atom is -0.483 e. The first-order valence-electron chi connectivity index (χ1n) is 10.1. The zero-order valence-corrected chi connectivity index (χ0v) is 17.3. The predicted octanol–water partition coefficient (Wildman–Crippen LogP) is 4.59. The maximum absolute atomic E-state index is 13.7. The normalized spacial score (nSPS) is 11.4. The van der Waals surface area contributed by atoms with Crippen LogP contribution in [0.2, 0.25) is 0 Å². The van der Waals surface area contributed by atoms with Gasteiger partial charge in [0.1, 0.15) is 11.6 Å². The van der Waals surface area contributed by atoms with Crippen LogP contribution in [-0.4, -0.2) is 24.5 Å². The number of aryl methyl sites for hydroxylation is 1. The first kappa shape index (κ1) is 22.0. The van der Waals surface area contributed by atoms with Gasteiger partial charge in [-0.05, 0) is 49.6 Å². The van der Waals surface area contributed by atoms with Crippen molar-refractivity contribution in [1.82, 2.24) is 5.32 Å². The van der Waals surface area contributed by atoms with Gasteiger partial charge in [-0.15, -0.1) is 0 Å². The van der Waals surface area contributed by atoms with Gasteiger partial charge in [-0.25, -0.2) is 4.39 Å². The molecule has 0 fully saturated rings. The van der Waals surface area contributed by atoms with Crippen LogP contribution < -0.4 is 15.4 Å². The third-order valence-corrected chi connectivity index (χ3v) is 4.72. The summed E-state index contributed by atoms with van der Waals surface area (Å²) in [7, 11) is 0. The molecule has 2 amide bonds. The van der Waals surface area contributed by atoms with Gasteiger partial charge in [0.2, 0.25) is 0 Å². The Balaban J connectivity index is 1.54. The molecule has 6 heteroatoms. The summed E-state index contributed by atoms with van der Waals surface area (Å²) in [5.74, 6) is -1.03. The third kappa shape index (κ3) is 6.67. The number of amides is 2. The lowest BCUT2D eigenvalue weighted by molar-refractivity contribution is -0.118. The van der Waals surface area contributed by atoms with Crippen LogP contribution in [0.3, 0.4) is 0 Å². The SMILES string of the molecule is CC(CCc1ccccc1)NC(=O)c1ccccc1OCC(=O)Nc1ccccc1F. The molecule has 160 valence electrons. The van der Waals surface area contributed by atoms with Crippen molar-refractivity contribution < 1.29 is 18.7 Å². The lowest BCUT2D eigenvalue weighted by Crippen LogP contribution is -2.33. The number of carbonyl (C=O) groups is 2. The van der Waals surface area contributed by atoms with Crippen molar-refractivity contribution in [2.24, 2.45) is 0 Å². The van der Waals surface area contributed by atoms with Gasteiger partial charge < -0.3 is 15.4 Å². The molecule has 2 N–H and O–H groups in total. The summed E-state index contributed by atoms with van der Waals surface area (Å²) in [5.41, 5.74) is 1.63. The fraction of sp³-hybridized carbons (Fsp3) is 0.200. The summed E-state index contributed by atoms with van der Waals surface area (Å²) in [4.78, 5) is 24.8. The van der Waals surface area contributed by atoms with Crippen molar-refractivity contribution in [1.29, 1.82) is 0 Å². The van der Waals surface area contributed by atoms with Gasteiger partial charge in [0.05, 0.1) is 11.3 Å². The molecular formula is C25H25FN2O3. The zero-order valence-electron chi connectivity index (χ0n) is 17.3. The molecule has 3 aromatic rings. The Morgan fingerprint density at radius 1 is 0.935 bits per heavy atom. The van der Waals surface area contributed by atoms with Gasteiger partial charge in [0.25, 0.3) is 11.8 Å². The Bertz CT molecular complexity index is 1020. The summed E-state index contributed by atoms with van der Waals surface area (Å²) < 4.78 is 19.2. The average Bonchev–Trinajstić information content (AvgIpc) is 2.79. The first-order valence-corrected chi connectivity index (χ1v) is 10.1. The predicted molar refractivity (Wildman–Crippen MR) is 119 cm³/mol. The lowest BCUT2D eigenvalue weighted by atomic mass is 10.1. The second kappa shape index (κ2) is 10.9. The van der Waals surface area contributed by atoms with Crippen molar-refractivity contribution in [3.8, 4) is 5.75 Å². The van der Waals surface area contributed by atoms with Gasteiger partial charge >= 0.3 is 0 Å². The van der Waals surface area contributed by atoms with Gasteiger partial charge in [0.15, 0.2) is 6.61 Å². The Morgan fingerprint density at radius 3 is 2.39 bits per heavy atom. The van der Waals surface area contributed by atoms with Crippen molar-refractivity contribution in [3.63, 3.8) is 0 Å². The highest BCUT2D eigenvalue weighted by Gasteiger charge is 2.16. The Morgan fingerprint density at radius 2 is 1.61 bits per heavy atom. The molecule has 0 saturated heterocycles. The highest BCUT2D eigenvalue weighted by molar-refractivity contribution is 5.97. The Labute approximate surface area is 181 Å². The van der Waals surface area contributed by atoms with Crippen molar-refractivity contribution in [2.45, 2.75) is 25.8 Å². The van der Waals surface area contributed by atoms with E-state index in [1.54, 1.807) is 30.3 Å². The number of benzene rings is 3. The second-order valence-corrected chi connectivity index (χ2v) is 7.21. The molecule has 1 unspecified atom stereocenters. The Kier molecular flexibility index (Phi) is 7.76. The van der Waals surface area contributed by atoms with Crippen LogP contribution in [0.5, 0.6) is 5.75 Å². The molecule has 0 heterocycles. The van der Waals surface area contributed by atoms with Crippen LogP contribution >= 0.6 is 0 Å². The molecule has 0 aliphatic carbocycles. The molecule has 1 atom stereocenters. The summed E-state index contributed by atoms with van der Waals surface area (Å²) >= 11 is 0. The van der Waals surface area contributed by atoms with Crippen LogP contribution in [-0.2, 0) is 11.2 Å². The maximum Gasteiger partial charge on any atom is 0.262 e. The molecule has 0 aliphatic heterocycles. The van der Waals surface area contributed by atoms with E-state index in [0.717, 1.165) is 12.8 Å². The number of hydrogen-bond donors (Lipinski definition) is 2. The first-order chi connectivity index (χ1) is 15.0. The number of nitrogens with one attached hydrogen (secondary N) is 2. The number of halogens is 1. The van der Waals surface area contributed by atoms with E-state index in [9.17, 15) is 14.0 Å². The van der Waals surface area contributed by atoms with Gasteiger partial charge in [0, 0.05) is 6.04 Å². The van der Waals surface area contributed by atoms with E-state index in [-0.39, 0.29) is 24.2 Å². The standard InChI is InChI=1S/C25H25FN2O3/c1-18(15-16-19-9-3-2-4-10-19)27-25(30)20-11-5-8-14-23(20)31-17-24(29)28-22-13-7-6-12-21(22)26/h2-14,18H,15-17H2,1H3,(H,27,30)(H,28,29). The van der Waals surface area contributed by atoms with E-state index in [2.05, 4.69) is 22.8 Å². The van der Waals surface area contributed by atoms with Crippen LogP contribution in [0.15, 0.2) is 78.9 Å². The molecule has 3 rings (SSSR count). The minimum absolute atomic E-state index is 0.0369. The fourth-order valence-corrected chi connectivity index (χ4v) is 3.07. The van der Waals surface area contributed by atoms with E-state index >= 15 is 0 Å². The largest absolute Gasteiger partial charge is 0.483 e. The molecule has 31 heavy (non-hydrogen) atoms. The monoisotopic (exact) mass is 420 g/mol. The minimum atomic E-state index is -0.528. The van der Waals surface area contributed by atoms with E-state index < -0.39 is 11.7 Å². The maximum atomic E-state index is 13.7. The number of para-hydroxylation sites is 2. The molecular weight excluding hydrogens is 395 g/mol. The quantitative estimate of drug-likeness (QED) is 0.532. The number of rotatable bonds is 9. The fourth-order valence-electron chi connectivity index (χ4n) is 3.07. The average molecular weight is 420 g/mol. The molecule has 0 spiro atoms. The van der Waals surface area contributed by atoms with E-state index in [4.69, 9.17) is 4.74 Å². The molecule has 0 radical (unpaired) electrons. The van der Waals surface area contributed by atoms with E-state index in [1.165, 1.54) is 23.8 Å². The lowest BCUT2D eigenvalue weighted by Gasteiger charge is -2.16. The highest BCUT2D eigenvalue weighted by atomic mass is 19.1. The molecule has 0 saturated carbocycles.